The predicted molar refractivity (Wildman–Crippen MR) is 58.4 cm³/mol. The molecule has 0 saturated carbocycles. The van der Waals surface area contributed by atoms with E-state index in [1.54, 1.807) is 26.0 Å². The van der Waals surface area contributed by atoms with Crippen molar-refractivity contribution >= 4 is 11.8 Å². The van der Waals surface area contributed by atoms with Gasteiger partial charge in [0.25, 0.3) is 5.78 Å². The molecule has 4 nitrogen and oxygen atoms in total. The lowest BCUT2D eigenvalue weighted by Gasteiger charge is -2.17. The second-order valence-corrected chi connectivity index (χ2v) is 4.32. The summed E-state index contributed by atoms with van der Waals surface area (Å²) in [5.41, 5.74) is -0.0147. The topological polar surface area (TPSA) is 74.6 Å². The van der Waals surface area contributed by atoms with Crippen LogP contribution in [0.25, 0.3) is 0 Å². The van der Waals surface area contributed by atoms with E-state index in [9.17, 15) is 14.7 Å². The van der Waals surface area contributed by atoms with Crippen LogP contribution in [0, 0.1) is 0 Å². The molecule has 4 heteroatoms. The molecule has 0 unspecified atom stereocenters. The van der Waals surface area contributed by atoms with Gasteiger partial charge in [-0.25, -0.2) is 4.79 Å². The fourth-order valence-corrected chi connectivity index (χ4v) is 1.45. The SMILES string of the molecule is CC(C)(O)Cc1cccc(C(=O)C(=O)O)c1. The summed E-state index contributed by atoms with van der Waals surface area (Å²) >= 11 is 0. The quantitative estimate of drug-likeness (QED) is 0.594. The molecule has 0 amide bonds. The van der Waals surface area contributed by atoms with E-state index in [1.807, 2.05) is 0 Å². The third-order valence-corrected chi connectivity index (χ3v) is 2.02. The molecule has 16 heavy (non-hydrogen) atoms. The van der Waals surface area contributed by atoms with E-state index >= 15 is 0 Å². The van der Waals surface area contributed by atoms with E-state index < -0.39 is 17.4 Å². The van der Waals surface area contributed by atoms with Crippen LogP contribution < -0.4 is 0 Å². The fourth-order valence-electron chi connectivity index (χ4n) is 1.45. The van der Waals surface area contributed by atoms with Crippen molar-refractivity contribution in [1.82, 2.24) is 0 Å². The molecule has 86 valence electrons. The van der Waals surface area contributed by atoms with Crippen molar-refractivity contribution in [3.63, 3.8) is 0 Å². The van der Waals surface area contributed by atoms with Gasteiger partial charge in [0.15, 0.2) is 0 Å². The molecule has 0 aromatic heterocycles. The zero-order valence-corrected chi connectivity index (χ0v) is 9.23. The number of carboxylic acids is 1. The maximum Gasteiger partial charge on any atom is 0.377 e. The van der Waals surface area contributed by atoms with Crippen LogP contribution in [0.5, 0.6) is 0 Å². The molecule has 0 aliphatic rings. The van der Waals surface area contributed by atoms with Gasteiger partial charge in [-0.15, -0.1) is 0 Å². The van der Waals surface area contributed by atoms with Crippen molar-refractivity contribution in [3.8, 4) is 0 Å². The monoisotopic (exact) mass is 222 g/mol. The molecule has 1 aromatic carbocycles. The normalized spacial score (nSPS) is 11.2. The fraction of sp³-hybridized carbons (Fsp3) is 0.333. The molecule has 0 aliphatic carbocycles. The minimum absolute atomic E-state index is 0.134. The average molecular weight is 222 g/mol. The molecule has 0 saturated heterocycles. The Morgan fingerprint density at radius 2 is 1.94 bits per heavy atom. The number of ketones is 1. The molecule has 0 aliphatic heterocycles. The van der Waals surface area contributed by atoms with Crippen molar-refractivity contribution in [3.05, 3.63) is 35.4 Å². The number of carbonyl (C=O) groups is 2. The Balaban J connectivity index is 2.96. The first-order valence-electron chi connectivity index (χ1n) is 4.88. The molecular formula is C12H14O4. The number of carbonyl (C=O) groups excluding carboxylic acids is 1. The number of hydrogen-bond acceptors (Lipinski definition) is 3. The molecule has 2 N–H and O–H groups in total. The van der Waals surface area contributed by atoms with Gasteiger partial charge in [0.2, 0.25) is 0 Å². The van der Waals surface area contributed by atoms with Gasteiger partial charge in [-0.2, -0.15) is 0 Å². The number of Topliss-reactive ketones (excluding diaryl/α,β-unsaturated/α-hetero) is 1. The highest BCUT2D eigenvalue weighted by Gasteiger charge is 2.17. The largest absolute Gasteiger partial charge is 0.475 e. The van der Waals surface area contributed by atoms with E-state index in [4.69, 9.17) is 5.11 Å². The van der Waals surface area contributed by atoms with Crippen molar-refractivity contribution in [1.29, 1.82) is 0 Å². The summed E-state index contributed by atoms with van der Waals surface area (Å²) in [4.78, 5) is 21.7. The number of aliphatic hydroxyl groups is 1. The first kappa shape index (κ1) is 12.4. The highest BCUT2D eigenvalue weighted by Crippen LogP contribution is 2.14. The van der Waals surface area contributed by atoms with Gasteiger partial charge < -0.3 is 10.2 Å². The van der Waals surface area contributed by atoms with Gasteiger partial charge in [-0.1, -0.05) is 18.2 Å². The highest BCUT2D eigenvalue weighted by molar-refractivity contribution is 6.39. The zero-order chi connectivity index (χ0) is 12.3. The lowest BCUT2D eigenvalue weighted by atomic mass is 9.96. The van der Waals surface area contributed by atoms with Crippen molar-refractivity contribution in [2.75, 3.05) is 0 Å². The second kappa shape index (κ2) is 4.45. The number of carboxylic acid groups (broad SMARTS) is 1. The van der Waals surface area contributed by atoms with Crippen LogP contribution >= 0.6 is 0 Å². The molecule has 1 aromatic rings. The maximum atomic E-state index is 11.2. The lowest BCUT2D eigenvalue weighted by Crippen LogP contribution is -2.22. The Hall–Kier alpha value is -1.68. The summed E-state index contributed by atoms with van der Waals surface area (Å²) in [5, 5.41) is 18.2. The first-order valence-corrected chi connectivity index (χ1v) is 4.88. The first-order chi connectivity index (χ1) is 7.29. The molecule has 0 radical (unpaired) electrons. The third-order valence-electron chi connectivity index (χ3n) is 2.02. The van der Waals surface area contributed by atoms with Gasteiger partial charge in [-0.3, -0.25) is 4.79 Å². The Labute approximate surface area is 93.5 Å². The number of benzene rings is 1. The van der Waals surface area contributed by atoms with E-state index in [2.05, 4.69) is 0 Å². The average Bonchev–Trinajstić information content (AvgIpc) is 2.14. The van der Waals surface area contributed by atoms with E-state index in [-0.39, 0.29) is 5.56 Å². The number of hydrogen-bond donors (Lipinski definition) is 2. The van der Waals surface area contributed by atoms with Crippen LogP contribution in [0.2, 0.25) is 0 Å². The van der Waals surface area contributed by atoms with Crippen molar-refractivity contribution in [2.45, 2.75) is 25.9 Å². The number of rotatable bonds is 4. The summed E-state index contributed by atoms with van der Waals surface area (Å²) < 4.78 is 0. The van der Waals surface area contributed by atoms with Crippen molar-refractivity contribution < 1.29 is 19.8 Å². The van der Waals surface area contributed by atoms with E-state index in [1.165, 1.54) is 12.1 Å². The smallest absolute Gasteiger partial charge is 0.377 e. The molecule has 0 spiro atoms. The Kier molecular flexibility index (Phi) is 3.44. The van der Waals surface area contributed by atoms with Gasteiger partial charge in [0, 0.05) is 12.0 Å². The van der Waals surface area contributed by atoms with E-state index in [0.29, 0.717) is 6.42 Å². The molecule has 0 bridgehead atoms. The Morgan fingerprint density at radius 3 is 2.44 bits per heavy atom. The maximum absolute atomic E-state index is 11.2. The van der Waals surface area contributed by atoms with Crippen LogP contribution in [0.3, 0.4) is 0 Å². The highest BCUT2D eigenvalue weighted by atomic mass is 16.4. The van der Waals surface area contributed by atoms with Crippen LogP contribution in [0.15, 0.2) is 24.3 Å². The lowest BCUT2D eigenvalue weighted by molar-refractivity contribution is -0.131. The van der Waals surface area contributed by atoms with E-state index in [0.717, 1.165) is 5.56 Å². The van der Waals surface area contributed by atoms with Gasteiger partial charge in [-0.05, 0) is 25.5 Å². The van der Waals surface area contributed by atoms with Gasteiger partial charge in [0.05, 0.1) is 5.60 Å². The molecular weight excluding hydrogens is 208 g/mol. The van der Waals surface area contributed by atoms with Crippen LogP contribution in [0.4, 0.5) is 0 Å². The standard InChI is InChI=1S/C12H14O4/c1-12(2,16)7-8-4-3-5-9(6-8)10(13)11(14)15/h3-6,16H,7H2,1-2H3,(H,14,15). The molecule has 1 rings (SSSR count). The second-order valence-electron chi connectivity index (χ2n) is 4.32. The Morgan fingerprint density at radius 1 is 1.31 bits per heavy atom. The summed E-state index contributed by atoms with van der Waals surface area (Å²) in [7, 11) is 0. The molecule has 0 heterocycles. The summed E-state index contributed by atoms with van der Waals surface area (Å²) in [6, 6.07) is 6.30. The third kappa shape index (κ3) is 3.47. The Bertz CT molecular complexity index is 415. The zero-order valence-electron chi connectivity index (χ0n) is 9.23. The van der Waals surface area contributed by atoms with Crippen LogP contribution in [-0.4, -0.2) is 27.6 Å². The molecule has 0 atom stereocenters. The van der Waals surface area contributed by atoms with Crippen molar-refractivity contribution in [2.24, 2.45) is 0 Å². The summed E-state index contributed by atoms with van der Waals surface area (Å²) in [6.45, 7) is 3.30. The van der Waals surface area contributed by atoms with Gasteiger partial charge >= 0.3 is 5.97 Å². The predicted octanol–water partition coefficient (Wildman–Crippen LogP) is 1.27. The van der Waals surface area contributed by atoms with Crippen LogP contribution in [-0.2, 0) is 11.2 Å². The molecule has 0 fully saturated rings. The summed E-state index contributed by atoms with van der Waals surface area (Å²) in [5.74, 6) is -2.40. The summed E-state index contributed by atoms with van der Waals surface area (Å²) in [6.07, 6.45) is 0.369. The minimum Gasteiger partial charge on any atom is -0.475 e. The van der Waals surface area contributed by atoms with Crippen LogP contribution in [0.1, 0.15) is 29.8 Å². The van der Waals surface area contributed by atoms with Gasteiger partial charge in [0.1, 0.15) is 0 Å². The number of aliphatic carboxylic acids is 1. The minimum atomic E-state index is -1.47.